The summed E-state index contributed by atoms with van der Waals surface area (Å²) < 4.78 is 8.10. The van der Waals surface area contributed by atoms with Gasteiger partial charge in [0.1, 0.15) is 15.5 Å². The Balaban J connectivity index is 1.11. The number of hydrogen-bond donors (Lipinski definition) is 2. The summed E-state index contributed by atoms with van der Waals surface area (Å²) in [6, 6.07) is 22.4. The van der Waals surface area contributed by atoms with Crippen molar-refractivity contribution in [2.75, 3.05) is 5.32 Å². The molecule has 6 rings (SSSR count). The zero-order valence-corrected chi connectivity index (χ0v) is 29.0. The molecule has 0 radical (unpaired) electrons. The number of hydrazone groups is 1. The van der Waals surface area contributed by atoms with E-state index in [1.54, 1.807) is 60.7 Å². The van der Waals surface area contributed by atoms with E-state index in [4.69, 9.17) is 39.5 Å². The molecule has 0 bridgehead atoms. The molecule has 6 aromatic rings. The largest absolute Gasteiger partial charge is 0.422 e. The summed E-state index contributed by atoms with van der Waals surface area (Å²) in [4.78, 5) is 39.4. The molecule has 0 saturated heterocycles. The van der Waals surface area contributed by atoms with Crippen LogP contribution in [0.5, 0.6) is 5.75 Å². The predicted octanol–water partition coefficient (Wildman–Crippen LogP) is 10.4. The van der Waals surface area contributed by atoms with Crippen LogP contribution < -0.4 is 15.5 Å². The number of thiophene rings is 2. The molecule has 7 nitrogen and oxygen atoms in total. The van der Waals surface area contributed by atoms with E-state index in [9.17, 15) is 14.4 Å². The smallest absolute Gasteiger partial charge is 0.355 e. The van der Waals surface area contributed by atoms with E-state index in [-0.39, 0.29) is 16.5 Å². The fourth-order valence-electron chi connectivity index (χ4n) is 4.47. The number of esters is 1. The number of aryl methyl sites for hydroxylation is 1. The monoisotopic (exact) mass is 769 g/mol. The van der Waals surface area contributed by atoms with Gasteiger partial charge < -0.3 is 10.1 Å². The highest BCUT2D eigenvalue weighted by atomic mass is 79.9. The Bertz CT molecular complexity index is 2210. The molecule has 4 aromatic carbocycles. The summed E-state index contributed by atoms with van der Waals surface area (Å²) in [6.45, 7) is 1.97. The molecular formula is C33H19BrCl3N3O4S2. The van der Waals surface area contributed by atoms with Crippen molar-refractivity contribution in [3.63, 3.8) is 0 Å². The lowest BCUT2D eigenvalue weighted by Gasteiger charge is -2.08. The molecule has 0 aliphatic heterocycles. The van der Waals surface area contributed by atoms with Gasteiger partial charge in [0.05, 0.1) is 16.3 Å². The van der Waals surface area contributed by atoms with Crippen molar-refractivity contribution in [3.05, 3.63) is 125 Å². The van der Waals surface area contributed by atoms with Crippen LogP contribution in [0, 0.1) is 6.92 Å². The molecule has 0 unspecified atom stereocenters. The number of nitrogens with zero attached hydrogens (tertiary/aromatic N) is 1. The van der Waals surface area contributed by atoms with Crippen LogP contribution >= 0.6 is 73.4 Å². The van der Waals surface area contributed by atoms with Crippen molar-refractivity contribution in [1.29, 1.82) is 0 Å². The number of hydrogen-bond acceptors (Lipinski definition) is 7. The van der Waals surface area contributed by atoms with Crippen LogP contribution in [0.15, 0.2) is 88.4 Å². The van der Waals surface area contributed by atoms with Crippen LogP contribution in [-0.4, -0.2) is 24.0 Å². The molecule has 230 valence electrons. The fraction of sp³-hybridized carbons (Fsp3) is 0.0303. The first-order valence-electron chi connectivity index (χ1n) is 13.4. The summed E-state index contributed by atoms with van der Waals surface area (Å²) in [5, 5.41) is 9.63. The Kier molecular flexibility index (Phi) is 9.47. The second-order valence-corrected chi connectivity index (χ2v) is 14.1. The van der Waals surface area contributed by atoms with E-state index in [0.29, 0.717) is 41.2 Å². The number of halogens is 4. The summed E-state index contributed by atoms with van der Waals surface area (Å²) in [7, 11) is 0. The van der Waals surface area contributed by atoms with Crippen molar-refractivity contribution in [2.45, 2.75) is 6.92 Å². The molecule has 13 heteroatoms. The van der Waals surface area contributed by atoms with Crippen molar-refractivity contribution in [1.82, 2.24) is 5.43 Å². The third-order valence-corrected chi connectivity index (χ3v) is 10.7. The van der Waals surface area contributed by atoms with E-state index in [1.165, 1.54) is 28.9 Å². The Morgan fingerprint density at radius 1 is 0.804 bits per heavy atom. The third kappa shape index (κ3) is 6.83. The second kappa shape index (κ2) is 13.5. The van der Waals surface area contributed by atoms with Gasteiger partial charge in [-0.05, 0) is 73.2 Å². The van der Waals surface area contributed by atoms with Gasteiger partial charge in [0.2, 0.25) is 0 Å². The number of fused-ring (bicyclic) bond motifs is 2. The second-order valence-electron chi connectivity index (χ2n) is 9.93. The molecule has 2 heterocycles. The maximum Gasteiger partial charge on any atom is 0.355 e. The number of carbonyl (C=O) groups excluding carboxylic acids is 3. The normalized spacial score (nSPS) is 11.3. The highest BCUT2D eigenvalue weighted by Crippen LogP contribution is 2.38. The molecule has 0 fully saturated rings. The lowest BCUT2D eigenvalue weighted by molar-refractivity contribution is 0.0739. The summed E-state index contributed by atoms with van der Waals surface area (Å²) in [5.41, 5.74) is 4.75. The van der Waals surface area contributed by atoms with Crippen molar-refractivity contribution in [2.24, 2.45) is 5.10 Å². The number of amides is 2. The quantitative estimate of drug-likeness (QED) is 0.0731. The van der Waals surface area contributed by atoms with E-state index >= 15 is 0 Å². The number of benzene rings is 4. The van der Waals surface area contributed by atoms with Crippen LogP contribution in [-0.2, 0) is 0 Å². The highest BCUT2D eigenvalue weighted by Gasteiger charge is 2.21. The molecule has 46 heavy (non-hydrogen) atoms. The zero-order valence-electron chi connectivity index (χ0n) is 23.5. The van der Waals surface area contributed by atoms with Gasteiger partial charge in [-0.3, -0.25) is 9.59 Å². The van der Waals surface area contributed by atoms with Crippen molar-refractivity contribution >= 4 is 123 Å². The zero-order chi connectivity index (χ0) is 32.5. The number of ether oxygens (including phenoxy) is 1. The van der Waals surface area contributed by atoms with Gasteiger partial charge in [0.25, 0.3) is 11.8 Å². The first kappa shape index (κ1) is 32.2. The van der Waals surface area contributed by atoms with E-state index in [2.05, 4.69) is 31.8 Å². The Morgan fingerprint density at radius 2 is 1.48 bits per heavy atom. The Hall–Kier alpha value is -3.77. The van der Waals surface area contributed by atoms with Gasteiger partial charge in [-0.1, -0.05) is 68.9 Å². The van der Waals surface area contributed by atoms with Gasteiger partial charge in [0.15, 0.2) is 0 Å². The minimum Gasteiger partial charge on any atom is -0.422 e. The first-order chi connectivity index (χ1) is 22.1. The van der Waals surface area contributed by atoms with Crippen LogP contribution in [0.25, 0.3) is 20.2 Å². The number of anilines is 1. The molecule has 2 N–H and O–H groups in total. The number of rotatable bonds is 7. The third-order valence-electron chi connectivity index (χ3n) is 6.72. The predicted molar refractivity (Wildman–Crippen MR) is 192 cm³/mol. The van der Waals surface area contributed by atoms with E-state index in [0.717, 1.165) is 25.7 Å². The Labute approximate surface area is 293 Å². The lowest BCUT2D eigenvalue weighted by Crippen LogP contribution is -2.18. The Morgan fingerprint density at radius 3 is 2.24 bits per heavy atom. The van der Waals surface area contributed by atoms with Crippen molar-refractivity contribution < 1.29 is 19.1 Å². The average Bonchev–Trinajstić information content (AvgIpc) is 3.53. The van der Waals surface area contributed by atoms with Gasteiger partial charge in [-0.15, -0.1) is 22.7 Å². The van der Waals surface area contributed by atoms with E-state index < -0.39 is 11.9 Å². The lowest BCUT2D eigenvalue weighted by atomic mass is 10.2. The van der Waals surface area contributed by atoms with Crippen LogP contribution in [0.1, 0.15) is 40.8 Å². The maximum absolute atomic E-state index is 13.1. The SMILES string of the molecule is Cc1ccc2c(Cl)c(C(=O)Oc3ccc(Br)cc3/C=N\NC(=O)c3ccc(NC(=O)c4sc5cc(Cl)ccc5c4Cl)cc3)sc2c1. The maximum atomic E-state index is 13.1. The van der Waals surface area contributed by atoms with Gasteiger partial charge in [-0.2, -0.15) is 5.10 Å². The van der Waals surface area contributed by atoms with Crippen molar-refractivity contribution in [3.8, 4) is 5.75 Å². The van der Waals surface area contributed by atoms with Crippen LogP contribution in [0.3, 0.4) is 0 Å². The number of nitrogens with one attached hydrogen (secondary N) is 2. The first-order valence-corrected chi connectivity index (χ1v) is 17.0. The topological polar surface area (TPSA) is 96.9 Å². The standard InChI is InChI=1S/C33H19BrCl3N3O4S2/c1-16-2-9-22-25(12-16)46-30(28(22)37)33(43)44-24-11-5-19(34)13-18(24)15-38-40-31(41)17-3-7-21(8-4-17)39-32(42)29-27(36)23-10-6-20(35)14-26(23)45-29/h2-15H,1H3,(H,39,42)(H,40,41)/b38-15-. The molecule has 0 spiro atoms. The molecule has 0 atom stereocenters. The fourth-order valence-corrected chi connectivity index (χ4v) is 8.02. The van der Waals surface area contributed by atoms with Gasteiger partial charge in [-0.25, -0.2) is 10.2 Å². The molecular weight excluding hydrogens is 753 g/mol. The molecule has 0 aliphatic carbocycles. The molecule has 0 saturated carbocycles. The summed E-state index contributed by atoms with van der Waals surface area (Å²) in [6.07, 6.45) is 1.37. The van der Waals surface area contributed by atoms with Crippen LogP contribution in [0.2, 0.25) is 15.1 Å². The average molecular weight is 772 g/mol. The van der Waals surface area contributed by atoms with Gasteiger partial charge in [0, 0.05) is 46.5 Å². The highest BCUT2D eigenvalue weighted by molar-refractivity contribution is 9.10. The minimum absolute atomic E-state index is 0.234. The summed E-state index contributed by atoms with van der Waals surface area (Å²) in [5.74, 6) is -1.23. The minimum atomic E-state index is -0.601. The van der Waals surface area contributed by atoms with Gasteiger partial charge >= 0.3 is 5.97 Å². The van der Waals surface area contributed by atoms with Crippen LogP contribution in [0.4, 0.5) is 5.69 Å². The summed E-state index contributed by atoms with van der Waals surface area (Å²) >= 11 is 24.9. The number of carbonyl (C=O) groups is 3. The molecule has 2 aromatic heterocycles. The van der Waals surface area contributed by atoms with E-state index in [1.807, 2.05) is 25.1 Å². The molecule has 0 aliphatic rings. The molecule has 2 amide bonds.